The Labute approximate surface area is 203 Å². The van der Waals surface area contributed by atoms with Crippen LogP contribution in [0, 0.1) is 6.42 Å². The minimum Gasteiger partial charge on any atom is -0.533 e. The average Bonchev–Trinajstić information content (AvgIpc) is 3.52. The van der Waals surface area contributed by atoms with Crippen molar-refractivity contribution in [2.24, 2.45) is 0 Å². The topological polar surface area (TPSA) is 0 Å². The van der Waals surface area contributed by atoms with Gasteiger partial charge in [0.05, 0.1) is 0 Å². The summed E-state index contributed by atoms with van der Waals surface area (Å²) in [4.78, 5) is 0. The average molecular weight is 482 g/mol. The molecule has 0 unspecified atom stereocenters. The van der Waals surface area contributed by atoms with Crippen molar-refractivity contribution in [3.63, 3.8) is 0 Å². The zero-order valence-corrected chi connectivity index (χ0v) is 20.9. The van der Waals surface area contributed by atoms with E-state index >= 15 is 0 Å². The summed E-state index contributed by atoms with van der Waals surface area (Å²) in [6.07, 6.45) is 6.69. The third-order valence-electron chi connectivity index (χ3n) is 4.04. The van der Waals surface area contributed by atoms with Gasteiger partial charge in [0.2, 0.25) is 0 Å². The molecule has 0 aliphatic heterocycles. The molecule has 0 aliphatic rings. The summed E-state index contributed by atoms with van der Waals surface area (Å²) in [5.41, 5.74) is 2.49. The van der Waals surface area contributed by atoms with Gasteiger partial charge in [-0.05, 0) is 0 Å². The summed E-state index contributed by atoms with van der Waals surface area (Å²) in [7, 11) is 1.36. The van der Waals surface area contributed by atoms with E-state index in [1.54, 1.807) is 0 Å². The maximum Gasteiger partial charge on any atom is 4.00 e. The van der Waals surface area contributed by atoms with E-state index < -0.39 is 0 Å². The van der Waals surface area contributed by atoms with Crippen molar-refractivity contribution in [1.29, 1.82) is 0 Å². The molecule has 0 saturated carbocycles. The Hall–Kier alpha value is -2.54. The maximum atomic E-state index is 4.53. The second kappa shape index (κ2) is 16.3. The molecule has 0 aromatic heterocycles. The molecule has 0 aliphatic carbocycles. The molecule has 0 amide bonds. The summed E-state index contributed by atoms with van der Waals surface area (Å²) >= 11 is 0. The molecule has 0 atom stereocenters. The fraction of sp³-hybridized carbons (Fsp3) is 0. The third-order valence-corrected chi connectivity index (χ3v) is 4.04. The van der Waals surface area contributed by atoms with Gasteiger partial charge in [-0.2, -0.15) is 35.7 Å². The van der Waals surface area contributed by atoms with Gasteiger partial charge in [0.1, 0.15) is 0 Å². The molecule has 30 heavy (non-hydrogen) atoms. The fourth-order valence-electron chi connectivity index (χ4n) is 2.68. The van der Waals surface area contributed by atoms with Crippen molar-refractivity contribution >= 4 is 26.8 Å². The SMILES string of the molecule is [CH-]=[SiH2].[Zr+4].c1cc[cH-]c1.c1ccc([CH-]c2ccccc2)cc1.c1ccc2[cH-]ccc2c1. The number of hydrogen-bond donors (Lipinski definition) is 0. The Morgan fingerprint density at radius 2 is 1.07 bits per heavy atom. The van der Waals surface area contributed by atoms with Crippen LogP contribution in [0.4, 0.5) is 0 Å². The molecule has 0 bridgehead atoms. The summed E-state index contributed by atoms with van der Waals surface area (Å²) in [5, 5.41) is 2.66. The molecule has 0 radical (unpaired) electrons. The van der Waals surface area contributed by atoms with E-state index in [1.807, 2.05) is 42.5 Å². The molecule has 5 aromatic rings. The Bertz CT molecular complexity index is 917. The number of hydrogen-bond acceptors (Lipinski definition) is 0. The van der Waals surface area contributed by atoms with E-state index in [2.05, 4.69) is 104 Å². The smallest absolute Gasteiger partial charge is 0.533 e. The van der Waals surface area contributed by atoms with E-state index in [4.69, 9.17) is 0 Å². The van der Waals surface area contributed by atoms with Gasteiger partial charge in [-0.1, -0.05) is 42.5 Å². The van der Waals surface area contributed by atoms with Crippen LogP contribution >= 0.6 is 0 Å². The molecule has 0 heterocycles. The molecule has 146 valence electrons. The Kier molecular flexibility index (Phi) is 13.8. The molecule has 5 rings (SSSR count). The molecule has 0 N–H and O–H groups in total. The van der Waals surface area contributed by atoms with E-state index in [9.17, 15) is 0 Å². The Balaban J connectivity index is 0.000000230. The Morgan fingerprint density at radius 1 is 0.567 bits per heavy atom. The van der Waals surface area contributed by atoms with E-state index in [0.29, 0.717) is 0 Å². The van der Waals surface area contributed by atoms with E-state index in [0.717, 1.165) is 0 Å². The molecule has 0 spiro atoms. The number of benzene rings is 3. The van der Waals surface area contributed by atoms with E-state index in [1.165, 1.54) is 31.8 Å². The van der Waals surface area contributed by atoms with Gasteiger partial charge >= 0.3 is 26.2 Å². The zero-order valence-electron chi connectivity index (χ0n) is 17.1. The van der Waals surface area contributed by atoms with Gasteiger partial charge in [0, 0.05) is 0 Å². The van der Waals surface area contributed by atoms with Crippen LogP contribution in [0.25, 0.3) is 10.8 Å². The number of rotatable bonds is 2. The predicted octanol–water partition coefficient (Wildman–Crippen LogP) is 6.18. The van der Waals surface area contributed by atoms with Gasteiger partial charge in [0.25, 0.3) is 0 Å². The van der Waals surface area contributed by atoms with Gasteiger partial charge in [-0.15, -0.1) is 71.5 Å². The number of fused-ring (bicyclic) bond motifs is 1. The predicted molar refractivity (Wildman–Crippen MR) is 132 cm³/mol. The minimum atomic E-state index is 0. The van der Waals surface area contributed by atoms with Crippen molar-refractivity contribution in [1.82, 2.24) is 0 Å². The van der Waals surface area contributed by atoms with Crippen molar-refractivity contribution in [2.45, 2.75) is 0 Å². The molecule has 0 saturated heterocycles. The maximum absolute atomic E-state index is 4.53. The molecule has 0 nitrogen and oxygen atoms in total. The van der Waals surface area contributed by atoms with Gasteiger partial charge in [-0.25, -0.2) is 22.0 Å². The molecular formula is C28H26SiZr. The van der Waals surface area contributed by atoms with Crippen LogP contribution in [-0.4, -0.2) is 16.0 Å². The van der Waals surface area contributed by atoms with Gasteiger partial charge < -0.3 is 6.17 Å². The monoisotopic (exact) mass is 480 g/mol. The van der Waals surface area contributed by atoms with Gasteiger partial charge in [-0.3, -0.25) is 0 Å². The van der Waals surface area contributed by atoms with Crippen LogP contribution < -0.4 is 0 Å². The zero-order chi connectivity index (χ0) is 20.6. The molecule has 2 heteroatoms. The quantitative estimate of drug-likeness (QED) is 0.209. The summed E-state index contributed by atoms with van der Waals surface area (Å²) in [5.74, 6) is 0. The third kappa shape index (κ3) is 9.78. The summed E-state index contributed by atoms with van der Waals surface area (Å²) in [6, 6.07) is 45.3. The van der Waals surface area contributed by atoms with Crippen LogP contribution in [0.3, 0.4) is 0 Å². The summed E-state index contributed by atoms with van der Waals surface area (Å²) in [6.45, 7) is 0. The van der Waals surface area contributed by atoms with Gasteiger partial charge in [0.15, 0.2) is 0 Å². The first kappa shape index (κ1) is 25.5. The normalized spacial score (nSPS) is 8.67. The van der Waals surface area contributed by atoms with E-state index in [-0.39, 0.29) is 26.2 Å². The minimum absolute atomic E-state index is 0. The van der Waals surface area contributed by atoms with Crippen molar-refractivity contribution < 1.29 is 26.2 Å². The standard InChI is InChI=1S/C13H11.C9H7.C5H5.CH3Si.Zr/c1-3-7-12(8-4-1)11-13-9-5-2-6-10-13;1-2-5-9-7-3-6-8(9)4-1;1-2-4-5-3-1;1-2;/h1-11H;1-7H;1-5H;1H,2H2;/q4*-1;+4. The van der Waals surface area contributed by atoms with Crippen molar-refractivity contribution in [2.75, 3.05) is 0 Å². The second-order valence-corrected chi connectivity index (χ2v) is 6.08. The van der Waals surface area contributed by atoms with Crippen LogP contribution in [0.1, 0.15) is 11.1 Å². The van der Waals surface area contributed by atoms with Crippen LogP contribution in [-0.2, 0) is 26.2 Å². The fourth-order valence-corrected chi connectivity index (χ4v) is 2.68. The van der Waals surface area contributed by atoms with Crippen molar-refractivity contribution in [3.8, 4) is 0 Å². The first-order valence-corrected chi connectivity index (χ1v) is 10.4. The first-order valence-electron chi connectivity index (χ1n) is 9.54. The Morgan fingerprint density at radius 3 is 1.53 bits per heavy atom. The largest absolute Gasteiger partial charge is 4.00 e. The van der Waals surface area contributed by atoms with Crippen LogP contribution in [0.2, 0.25) is 0 Å². The first-order chi connectivity index (χ1) is 14.4. The molecular weight excluding hydrogens is 456 g/mol. The van der Waals surface area contributed by atoms with Crippen molar-refractivity contribution in [3.05, 3.63) is 151 Å². The molecule has 0 fully saturated rings. The van der Waals surface area contributed by atoms with Crippen LogP contribution in [0.5, 0.6) is 0 Å². The van der Waals surface area contributed by atoms with Crippen LogP contribution in [0.15, 0.2) is 133 Å². The molecule has 5 aromatic carbocycles. The summed E-state index contributed by atoms with van der Waals surface area (Å²) < 4.78 is 0. The second-order valence-electron chi connectivity index (χ2n) is 6.08.